The van der Waals surface area contributed by atoms with E-state index < -0.39 is 0 Å². The van der Waals surface area contributed by atoms with Gasteiger partial charge >= 0.3 is 0 Å². The Bertz CT molecular complexity index is 345. The van der Waals surface area contributed by atoms with Gasteiger partial charge < -0.3 is 5.73 Å². The Balaban J connectivity index is 2.20. The first-order chi connectivity index (χ1) is 7.61. The molecule has 1 atom stereocenters. The summed E-state index contributed by atoms with van der Waals surface area (Å²) in [5.74, 6) is -0.0906. The average Bonchev–Trinajstić information content (AvgIpc) is 2.32. The van der Waals surface area contributed by atoms with Crippen molar-refractivity contribution in [2.75, 3.05) is 13.1 Å². The van der Waals surface area contributed by atoms with Crippen LogP contribution in [-0.4, -0.2) is 45.8 Å². The molecule has 88 valence electrons. The second-order valence-corrected chi connectivity index (χ2v) is 4.21. The highest BCUT2D eigenvalue weighted by atomic mass is 16.5. The Kier molecular flexibility index (Phi) is 2.93. The maximum Gasteiger partial charge on any atom is 0.175 e. The highest BCUT2D eigenvalue weighted by Gasteiger charge is 2.32. The van der Waals surface area contributed by atoms with Crippen LogP contribution >= 0.6 is 0 Å². The van der Waals surface area contributed by atoms with E-state index in [2.05, 4.69) is 4.90 Å². The number of hydroxylamine groups is 2. The van der Waals surface area contributed by atoms with Crippen LogP contribution in [0.15, 0.2) is 11.9 Å². The molecule has 6 heteroatoms. The lowest BCUT2D eigenvalue weighted by atomic mass is 10.0. The summed E-state index contributed by atoms with van der Waals surface area (Å²) < 4.78 is 0. The second kappa shape index (κ2) is 4.23. The Morgan fingerprint density at radius 3 is 2.50 bits per heavy atom. The average molecular weight is 223 g/mol. The largest absolute Gasteiger partial charge is 0.383 e. The monoisotopic (exact) mass is 223 g/mol. The van der Waals surface area contributed by atoms with Gasteiger partial charge in [-0.2, -0.15) is 5.06 Å². The molecule has 1 fully saturated rings. The highest BCUT2D eigenvalue weighted by molar-refractivity contribution is 6.41. The molecular formula is C10H17N5O. The minimum Gasteiger partial charge on any atom is -0.383 e. The Morgan fingerprint density at radius 1 is 1.25 bits per heavy atom. The van der Waals surface area contributed by atoms with E-state index >= 15 is 0 Å². The molecule has 1 saturated heterocycles. The van der Waals surface area contributed by atoms with Crippen molar-refractivity contribution in [2.24, 2.45) is 5.73 Å². The van der Waals surface area contributed by atoms with E-state index in [-0.39, 0.29) is 23.4 Å². The van der Waals surface area contributed by atoms with Crippen LogP contribution in [0.1, 0.15) is 19.3 Å². The van der Waals surface area contributed by atoms with Crippen LogP contribution in [0.2, 0.25) is 0 Å². The summed E-state index contributed by atoms with van der Waals surface area (Å²) in [5.41, 5.74) is 5.71. The molecule has 6 nitrogen and oxygen atoms in total. The van der Waals surface area contributed by atoms with Crippen LogP contribution in [-0.2, 0) is 0 Å². The Hall–Kier alpha value is -1.40. The first-order valence-corrected chi connectivity index (χ1v) is 5.49. The summed E-state index contributed by atoms with van der Waals surface area (Å²) in [5, 5.41) is 25.4. The topological polar surface area (TPSA) is 100 Å². The van der Waals surface area contributed by atoms with Gasteiger partial charge in [0.15, 0.2) is 5.84 Å². The first-order valence-electron chi connectivity index (χ1n) is 5.49. The smallest absolute Gasteiger partial charge is 0.175 e. The van der Waals surface area contributed by atoms with Gasteiger partial charge in [-0.05, 0) is 32.0 Å². The quantitative estimate of drug-likeness (QED) is 0.515. The lowest BCUT2D eigenvalue weighted by molar-refractivity contribution is 0.0186. The Morgan fingerprint density at radius 2 is 1.88 bits per heavy atom. The SMILES string of the molecule is N=C1C(=N)N(O)C(N)=CC1N1CCCCC1. The molecule has 2 aliphatic rings. The van der Waals surface area contributed by atoms with Gasteiger partial charge in [-0.25, -0.2) is 0 Å². The maximum absolute atomic E-state index is 9.39. The zero-order chi connectivity index (χ0) is 11.7. The first kappa shape index (κ1) is 11.1. The predicted octanol–water partition coefficient (Wildman–Crippen LogP) is 0.343. The maximum atomic E-state index is 9.39. The summed E-state index contributed by atoms with van der Waals surface area (Å²) in [7, 11) is 0. The van der Waals surface area contributed by atoms with E-state index in [9.17, 15) is 5.21 Å². The summed E-state index contributed by atoms with van der Waals surface area (Å²) in [6.45, 7) is 1.85. The van der Waals surface area contributed by atoms with Gasteiger partial charge in [0.1, 0.15) is 5.82 Å². The van der Waals surface area contributed by atoms with E-state index in [0.717, 1.165) is 25.9 Å². The Labute approximate surface area is 94.3 Å². The molecule has 0 spiro atoms. The molecule has 2 aliphatic heterocycles. The minimum absolute atomic E-state index is 0.110. The van der Waals surface area contributed by atoms with E-state index in [4.69, 9.17) is 16.6 Å². The molecule has 1 unspecified atom stereocenters. The molecule has 0 amide bonds. The molecule has 0 aromatic heterocycles. The molecular weight excluding hydrogens is 206 g/mol. The van der Waals surface area contributed by atoms with Crippen LogP contribution in [0, 0.1) is 10.8 Å². The molecule has 0 aliphatic carbocycles. The van der Waals surface area contributed by atoms with Crippen molar-refractivity contribution >= 4 is 11.5 Å². The van der Waals surface area contributed by atoms with Crippen LogP contribution in [0.25, 0.3) is 0 Å². The number of likely N-dealkylation sites (tertiary alicyclic amines) is 1. The van der Waals surface area contributed by atoms with E-state index in [1.807, 2.05) is 0 Å². The highest BCUT2D eigenvalue weighted by Crippen LogP contribution is 2.18. The third-order valence-electron chi connectivity index (χ3n) is 3.12. The zero-order valence-electron chi connectivity index (χ0n) is 9.11. The molecule has 0 bridgehead atoms. The van der Waals surface area contributed by atoms with Gasteiger partial charge in [0.25, 0.3) is 0 Å². The van der Waals surface area contributed by atoms with E-state index in [1.165, 1.54) is 6.42 Å². The lowest BCUT2D eigenvalue weighted by Gasteiger charge is -2.37. The summed E-state index contributed by atoms with van der Waals surface area (Å²) >= 11 is 0. The fourth-order valence-corrected chi connectivity index (χ4v) is 2.18. The number of rotatable bonds is 1. The van der Waals surface area contributed by atoms with Crippen molar-refractivity contribution in [3.8, 4) is 0 Å². The number of hydrogen-bond donors (Lipinski definition) is 4. The fraction of sp³-hybridized carbons (Fsp3) is 0.600. The van der Waals surface area contributed by atoms with Crippen molar-refractivity contribution in [2.45, 2.75) is 25.3 Å². The second-order valence-electron chi connectivity index (χ2n) is 4.21. The number of nitrogens with one attached hydrogen (secondary N) is 2. The molecule has 0 saturated carbocycles. The van der Waals surface area contributed by atoms with Crippen LogP contribution < -0.4 is 5.73 Å². The van der Waals surface area contributed by atoms with Crippen molar-refractivity contribution in [3.63, 3.8) is 0 Å². The zero-order valence-corrected chi connectivity index (χ0v) is 9.11. The molecule has 0 aromatic rings. The number of piperidine rings is 1. The van der Waals surface area contributed by atoms with Crippen molar-refractivity contribution in [3.05, 3.63) is 11.9 Å². The van der Waals surface area contributed by atoms with E-state index in [1.54, 1.807) is 6.08 Å². The molecule has 16 heavy (non-hydrogen) atoms. The van der Waals surface area contributed by atoms with Crippen molar-refractivity contribution < 1.29 is 5.21 Å². The molecule has 2 rings (SSSR count). The summed E-state index contributed by atoms with van der Waals surface area (Å²) in [4.78, 5) is 2.14. The normalized spacial score (nSPS) is 28.2. The fourth-order valence-electron chi connectivity index (χ4n) is 2.18. The summed E-state index contributed by atoms with van der Waals surface area (Å²) in [6, 6.07) is -0.254. The standard InChI is InChI=1S/C10H17N5O/c11-8-6-7(9(12)10(13)15(8)16)14-4-2-1-3-5-14/h6-7,12-13,16H,1-5,11H2. The van der Waals surface area contributed by atoms with Gasteiger partial charge in [0.05, 0.1) is 11.8 Å². The van der Waals surface area contributed by atoms with Crippen molar-refractivity contribution in [1.82, 2.24) is 9.96 Å². The van der Waals surface area contributed by atoms with Crippen LogP contribution in [0.4, 0.5) is 0 Å². The predicted molar refractivity (Wildman–Crippen MR) is 60.6 cm³/mol. The number of amidine groups is 1. The van der Waals surface area contributed by atoms with E-state index in [0.29, 0.717) is 5.06 Å². The molecule has 0 aromatic carbocycles. The third kappa shape index (κ3) is 1.81. The van der Waals surface area contributed by atoms with Crippen molar-refractivity contribution in [1.29, 1.82) is 10.8 Å². The number of hydrogen-bond acceptors (Lipinski definition) is 5. The third-order valence-corrected chi connectivity index (χ3v) is 3.12. The van der Waals surface area contributed by atoms with Gasteiger partial charge in [-0.1, -0.05) is 6.42 Å². The van der Waals surface area contributed by atoms with Gasteiger partial charge in [0, 0.05) is 0 Å². The lowest BCUT2D eigenvalue weighted by Crippen LogP contribution is -2.52. The molecule has 5 N–H and O–H groups in total. The number of nitrogens with zero attached hydrogens (tertiary/aromatic N) is 2. The molecule has 2 heterocycles. The van der Waals surface area contributed by atoms with Gasteiger partial charge in [-0.15, -0.1) is 0 Å². The van der Waals surface area contributed by atoms with Crippen LogP contribution in [0.3, 0.4) is 0 Å². The van der Waals surface area contributed by atoms with Crippen LogP contribution in [0.5, 0.6) is 0 Å². The molecule has 0 radical (unpaired) electrons. The van der Waals surface area contributed by atoms with Gasteiger partial charge in [-0.3, -0.25) is 20.9 Å². The summed E-state index contributed by atoms with van der Waals surface area (Å²) in [6.07, 6.45) is 5.10. The number of nitrogens with two attached hydrogens (primary N) is 1. The minimum atomic E-state index is -0.254. The van der Waals surface area contributed by atoms with Gasteiger partial charge in [0.2, 0.25) is 0 Å².